The lowest BCUT2D eigenvalue weighted by molar-refractivity contribution is 0.0974. The first-order valence-electron chi connectivity index (χ1n) is 15.4. The van der Waals surface area contributed by atoms with Crippen molar-refractivity contribution in [3.8, 4) is 11.5 Å². The molecule has 0 spiro atoms. The fourth-order valence-corrected chi connectivity index (χ4v) is 6.15. The molecule has 4 N–H and O–H groups in total. The zero-order valence-electron chi connectivity index (χ0n) is 26.8. The summed E-state index contributed by atoms with van der Waals surface area (Å²) in [5, 5.41) is 28.6. The summed E-state index contributed by atoms with van der Waals surface area (Å²) in [6.07, 6.45) is 0. The van der Waals surface area contributed by atoms with Crippen LogP contribution in [0.4, 0.5) is 22.7 Å². The molecule has 1 aliphatic carbocycles. The monoisotopic (exact) mass is 590 g/mol. The van der Waals surface area contributed by atoms with Crippen LogP contribution >= 0.6 is 0 Å². The Labute approximate surface area is 260 Å². The van der Waals surface area contributed by atoms with Crippen molar-refractivity contribution in [2.45, 2.75) is 79.1 Å². The van der Waals surface area contributed by atoms with Gasteiger partial charge in [0.05, 0.1) is 22.5 Å². The molecule has 0 radical (unpaired) electrons. The van der Waals surface area contributed by atoms with E-state index in [-0.39, 0.29) is 57.4 Å². The molecular weight excluding hydrogens is 548 g/mol. The van der Waals surface area contributed by atoms with Crippen LogP contribution in [0.25, 0.3) is 0 Å². The minimum atomic E-state index is -0.510. The first-order valence-corrected chi connectivity index (χ1v) is 15.4. The second-order valence-corrected chi connectivity index (χ2v) is 12.9. The molecule has 4 aromatic rings. The van der Waals surface area contributed by atoms with Gasteiger partial charge in [-0.05, 0) is 70.2 Å². The average Bonchev–Trinajstić information content (AvgIpc) is 2.97. The van der Waals surface area contributed by atoms with Crippen molar-refractivity contribution >= 4 is 34.3 Å². The molecule has 0 heterocycles. The fraction of sp³-hybridized carbons (Fsp3) is 0.316. The van der Waals surface area contributed by atoms with Gasteiger partial charge < -0.3 is 20.8 Å². The molecule has 1 aliphatic rings. The number of phenols is 2. The standard InChI is InChI=1S/C38H42N2O4/c1-19(2)23-11-9-12-24(20(3)4)35(23)39-29-17-27-28(38(44)34-32(42)16-15-31(41)33(34)37(27)43)18-30(29)40-36-25(21(5)6)13-10-14-26(36)22(7)8/h9-22,39-42H,1-8H3. The van der Waals surface area contributed by atoms with Gasteiger partial charge in [0.25, 0.3) is 0 Å². The maximum Gasteiger partial charge on any atom is 0.198 e. The quantitative estimate of drug-likeness (QED) is 0.134. The van der Waals surface area contributed by atoms with Gasteiger partial charge in [-0.2, -0.15) is 0 Å². The maximum atomic E-state index is 13.9. The van der Waals surface area contributed by atoms with Gasteiger partial charge in [0.2, 0.25) is 0 Å². The van der Waals surface area contributed by atoms with Crippen LogP contribution in [0, 0.1) is 0 Å². The molecule has 5 rings (SSSR count). The van der Waals surface area contributed by atoms with E-state index < -0.39 is 11.6 Å². The van der Waals surface area contributed by atoms with Gasteiger partial charge in [-0.3, -0.25) is 9.59 Å². The fourth-order valence-electron chi connectivity index (χ4n) is 6.15. The van der Waals surface area contributed by atoms with E-state index in [1.165, 1.54) is 12.1 Å². The van der Waals surface area contributed by atoms with E-state index in [2.05, 4.69) is 102 Å². The number of para-hydroxylation sites is 2. The van der Waals surface area contributed by atoms with Gasteiger partial charge >= 0.3 is 0 Å². The van der Waals surface area contributed by atoms with Crippen LogP contribution in [0.5, 0.6) is 11.5 Å². The van der Waals surface area contributed by atoms with E-state index in [4.69, 9.17) is 0 Å². The number of anilines is 4. The molecule has 6 nitrogen and oxygen atoms in total. The number of nitrogens with one attached hydrogen (secondary N) is 2. The Kier molecular flexibility index (Phi) is 8.30. The Morgan fingerprint density at radius 2 is 0.795 bits per heavy atom. The Morgan fingerprint density at radius 1 is 0.500 bits per heavy atom. The number of carbonyl (C=O) groups is 2. The molecule has 0 fully saturated rings. The van der Waals surface area contributed by atoms with Crippen LogP contribution in [-0.2, 0) is 0 Å². The normalized spacial score (nSPS) is 12.7. The van der Waals surface area contributed by atoms with Crippen LogP contribution in [0.2, 0.25) is 0 Å². The van der Waals surface area contributed by atoms with Crippen LogP contribution in [0.1, 0.15) is 133 Å². The first-order chi connectivity index (χ1) is 20.8. The lowest BCUT2D eigenvalue weighted by Gasteiger charge is -2.27. The minimum absolute atomic E-state index is 0.172. The number of benzene rings is 4. The van der Waals surface area contributed by atoms with Crippen molar-refractivity contribution < 1.29 is 19.8 Å². The van der Waals surface area contributed by atoms with Gasteiger partial charge in [-0.25, -0.2) is 0 Å². The molecule has 228 valence electrons. The highest BCUT2D eigenvalue weighted by atomic mass is 16.3. The lowest BCUT2D eigenvalue weighted by Crippen LogP contribution is -2.22. The molecule has 6 heteroatoms. The summed E-state index contributed by atoms with van der Waals surface area (Å²) >= 11 is 0. The predicted octanol–water partition coefficient (Wildman–Crippen LogP) is 9.85. The summed E-state index contributed by atoms with van der Waals surface area (Å²) < 4.78 is 0. The van der Waals surface area contributed by atoms with Gasteiger partial charge in [0.15, 0.2) is 11.6 Å². The van der Waals surface area contributed by atoms with Crippen LogP contribution in [-0.4, -0.2) is 21.8 Å². The zero-order valence-corrected chi connectivity index (χ0v) is 26.8. The van der Waals surface area contributed by atoms with E-state index in [1.54, 1.807) is 12.1 Å². The highest BCUT2D eigenvalue weighted by Gasteiger charge is 2.36. The summed E-state index contributed by atoms with van der Waals surface area (Å²) in [4.78, 5) is 27.7. The van der Waals surface area contributed by atoms with Gasteiger partial charge in [0.1, 0.15) is 11.5 Å². The second-order valence-electron chi connectivity index (χ2n) is 12.9. The van der Waals surface area contributed by atoms with Crippen molar-refractivity contribution in [3.63, 3.8) is 0 Å². The van der Waals surface area contributed by atoms with E-state index in [0.29, 0.717) is 11.4 Å². The number of hydrogen-bond donors (Lipinski definition) is 4. The Morgan fingerprint density at radius 3 is 1.07 bits per heavy atom. The van der Waals surface area contributed by atoms with Gasteiger partial charge in [-0.15, -0.1) is 0 Å². The Bertz CT molecular complexity index is 1600. The van der Waals surface area contributed by atoms with E-state index >= 15 is 0 Å². The predicted molar refractivity (Wildman–Crippen MR) is 179 cm³/mol. The smallest absolute Gasteiger partial charge is 0.198 e. The summed E-state index contributed by atoms with van der Waals surface area (Å²) in [5.74, 6) is -0.766. The minimum Gasteiger partial charge on any atom is -0.507 e. The molecule has 0 bridgehead atoms. The molecule has 0 unspecified atom stereocenters. The summed E-state index contributed by atoms with van der Waals surface area (Å²) in [5.41, 5.74) is 7.76. The van der Waals surface area contributed by atoms with Crippen LogP contribution in [0.3, 0.4) is 0 Å². The molecule has 0 aliphatic heterocycles. The van der Waals surface area contributed by atoms with Crippen molar-refractivity contribution in [1.29, 1.82) is 0 Å². The van der Waals surface area contributed by atoms with E-state index in [1.807, 2.05) is 0 Å². The molecule has 44 heavy (non-hydrogen) atoms. The summed E-state index contributed by atoms with van der Waals surface area (Å²) in [7, 11) is 0. The van der Waals surface area contributed by atoms with Crippen LogP contribution in [0.15, 0.2) is 60.7 Å². The Hall–Kier alpha value is -4.58. The van der Waals surface area contributed by atoms with Crippen molar-refractivity contribution in [2.24, 2.45) is 0 Å². The molecule has 0 saturated carbocycles. The number of ketones is 2. The Balaban J connectivity index is 1.79. The molecule has 0 aromatic heterocycles. The molecule has 0 atom stereocenters. The van der Waals surface area contributed by atoms with Crippen molar-refractivity contribution in [1.82, 2.24) is 0 Å². The third-order valence-electron chi connectivity index (χ3n) is 8.53. The molecular formula is C38H42N2O4. The van der Waals surface area contributed by atoms with Crippen molar-refractivity contribution in [2.75, 3.05) is 10.6 Å². The average molecular weight is 591 g/mol. The van der Waals surface area contributed by atoms with Gasteiger partial charge in [-0.1, -0.05) is 91.8 Å². The number of fused-ring (bicyclic) bond motifs is 2. The van der Waals surface area contributed by atoms with E-state index in [9.17, 15) is 19.8 Å². The molecule has 0 saturated heterocycles. The number of carbonyl (C=O) groups excluding carboxylic acids is 2. The second kappa shape index (κ2) is 11.8. The third kappa shape index (κ3) is 5.34. The van der Waals surface area contributed by atoms with E-state index in [0.717, 1.165) is 33.6 Å². The topological polar surface area (TPSA) is 98.7 Å². The van der Waals surface area contributed by atoms with Crippen LogP contribution < -0.4 is 10.6 Å². The first kappa shape index (κ1) is 30.9. The third-order valence-corrected chi connectivity index (χ3v) is 8.53. The van der Waals surface area contributed by atoms with Crippen molar-refractivity contribution in [3.05, 3.63) is 105 Å². The molecule has 4 aromatic carbocycles. The summed E-state index contributed by atoms with van der Waals surface area (Å²) in [6, 6.07) is 18.5. The summed E-state index contributed by atoms with van der Waals surface area (Å²) in [6.45, 7) is 17.2. The highest BCUT2D eigenvalue weighted by molar-refractivity contribution is 6.31. The lowest BCUT2D eigenvalue weighted by atomic mass is 9.82. The highest BCUT2D eigenvalue weighted by Crippen LogP contribution is 2.44. The molecule has 0 amide bonds. The maximum absolute atomic E-state index is 13.9. The number of rotatable bonds is 8. The SMILES string of the molecule is CC(C)c1cccc(C(C)C)c1Nc1cc2c(cc1Nc1c(C(C)C)cccc1C(C)C)C(=O)c1c(O)ccc(O)c1C2=O. The number of aromatic hydroxyl groups is 2. The largest absolute Gasteiger partial charge is 0.507 e. The number of hydrogen-bond acceptors (Lipinski definition) is 6. The number of phenolic OH excluding ortho intramolecular Hbond substituents is 2. The van der Waals surface area contributed by atoms with Gasteiger partial charge in [0, 0.05) is 22.5 Å². The zero-order chi connectivity index (χ0) is 32.0.